The number of nitrogens with zero attached hydrogens (tertiary/aromatic N) is 1. The SMILES string of the molecule is CCCCCCCCCCCCCCCCn1ccc(=O)c(OCc2ccccc2)c1. The molecule has 1 aromatic carbocycles. The lowest BCUT2D eigenvalue weighted by Crippen LogP contribution is -2.11. The van der Waals surface area contributed by atoms with Crippen molar-refractivity contribution in [3.8, 4) is 5.75 Å². The molecule has 0 fully saturated rings. The molecule has 1 heterocycles. The molecule has 0 unspecified atom stereocenters. The summed E-state index contributed by atoms with van der Waals surface area (Å²) in [6.45, 7) is 3.65. The maximum atomic E-state index is 12.1. The predicted molar refractivity (Wildman–Crippen MR) is 132 cm³/mol. The molecule has 0 bridgehead atoms. The van der Waals surface area contributed by atoms with E-state index >= 15 is 0 Å². The standard InChI is InChI=1S/C28H43NO2/c1-2-3-4-5-6-7-8-9-10-11-12-13-14-18-22-29-23-21-27(30)28(24-29)31-25-26-19-16-15-17-20-26/h15-17,19-21,23-24H,2-14,18,22,25H2,1H3. The fraction of sp³-hybridized carbons (Fsp3) is 0.607. The van der Waals surface area contributed by atoms with Crippen molar-refractivity contribution < 1.29 is 4.74 Å². The Morgan fingerprint density at radius 3 is 1.84 bits per heavy atom. The molecule has 3 heteroatoms. The van der Waals surface area contributed by atoms with E-state index in [0.29, 0.717) is 12.4 Å². The molecule has 2 aromatic rings. The Kier molecular flexibility index (Phi) is 13.5. The molecule has 0 saturated heterocycles. The van der Waals surface area contributed by atoms with E-state index < -0.39 is 0 Å². The second-order valence-corrected chi connectivity index (χ2v) is 8.78. The smallest absolute Gasteiger partial charge is 0.223 e. The Morgan fingerprint density at radius 2 is 1.26 bits per heavy atom. The van der Waals surface area contributed by atoms with E-state index in [1.54, 1.807) is 6.07 Å². The van der Waals surface area contributed by atoms with Crippen LogP contribution in [-0.4, -0.2) is 4.57 Å². The van der Waals surface area contributed by atoms with E-state index in [4.69, 9.17) is 4.74 Å². The molecule has 0 amide bonds. The second kappa shape index (κ2) is 16.6. The summed E-state index contributed by atoms with van der Waals surface area (Å²) in [4.78, 5) is 12.1. The quantitative estimate of drug-likeness (QED) is 0.227. The fourth-order valence-electron chi connectivity index (χ4n) is 3.97. The molecule has 172 valence electrons. The van der Waals surface area contributed by atoms with Gasteiger partial charge >= 0.3 is 0 Å². The van der Waals surface area contributed by atoms with Crippen molar-refractivity contribution in [3.63, 3.8) is 0 Å². The van der Waals surface area contributed by atoms with Gasteiger partial charge in [0.05, 0.1) is 6.20 Å². The Balaban J connectivity index is 1.49. The first-order valence-corrected chi connectivity index (χ1v) is 12.7. The van der Waals surface area contributed by atoms with Crippen LogP contribution >= 0.6 is 0 Å². The van der Waals surface area contributed by atoms with Gasteiger partial charge in [0.25, 0.3) is 0 Å². The van der Waals surface area contributed by atoms with Gasteiger partial charge in [0.15, 0.2) is 5.75 Å². The normalized spacial score (nSPS) is 11.0. The maximum Gasteiger partial charge on any atom is 0.223 e. The van der Waals surface area contributed by atoms with Crippen LogP contribution < -0.4 is 10.2 Å². The zero-order chi connectivity index (χ0) is 22.0. The van der Waals surface area contributed by atoms with Crippen LogP contribution in [0.3, 0.4) is 0 Å². The highest BCUT2D eigenvalue weighted by Crippen LogP contribution is 2.13. The molecule has 31 heavy (non-hydrogen) atoms. The summed E-state index contributed by atoms with van der Waals surface area (Å²) in [7, 11) is 0. The van der Waals surface area contributed by atoms with Gasteiger partial charge in [0.2, 0.25) is 5.43 Å². The molecule has 0 atom stereocenters. The minimum atomic E-state index is -0.0480. The summed E-state index contributed by atoms with van der Waals surface area (Å²) in [5, 5.41) is 0. The maximum absolute atomic E-state index is 12.1. The number of rotatable bonds is 18. The number of hydrogen-bond donors (Lipinski definition) is 0. The molecule has 2 rings (SSSR count). The molecule has 0 aliphatic carbocycles. The van der Waals surface area contributed by atoms with Crippen molar-refractivity contribution in [3.05, 3.63) is 64.6 Å². The van der Waals surface area contributed by atoms with E-state index in [1.807, 2.05) is 42.7 Å². The number of hydrogen-bond acceptors (Lipinski definition) is 2. The van der Waals surface area contributed by atoms with Crippen LogP contribution in [0.2, 0.25) is 0 Å². The molecule has 0 saturated carbocycles. The number of pyridine rings is 1. The molecular formula is C28H43NO2. The summed E-state index contributed by atoms with van der Waals surface area (Å²) in [6, 6.07) is 11.6. The fourth-order valence-corrected chi connectivity index (χ4v) is 3.97. The van der Waals surface area contributed by atoms with E-state index in [2.05, 4.69) is 11.5 Å². The van der Waals surface area contributed by atoms with Crippen LogP contribution in [0.15, 0.2) is 53.6 Å². The highest BCUT2D eigenvalue weighted by molar-refractivity contribution is 5.19. The molecule has 0 N–H and O–H groups in total. The van der Waals surface area contributed by atoms with Crippen LogP contribution in [0.4, 0.5) is 0 Å². The van der Waals surface area contributed by atoms with Gasteiger partial charge in [-0.1, -0.05) is 121 Å². The number of benzene rings is 1. The van der Waals surface area contributed by atoms with Gasteiger partial charge in [-0.2, -0.15) is 0 Å². The zero-order valence-corrected chi connectivity index (χ0v) is 19.7. The Morgan fingerprint density at radius 1 is 0.710 bits per heavy atom. The lowest BCUT2D eigenvalue weighted by Gasteiger charge is -2.10. The van der Waals surface area contributed by atoms with Crippen LogP contribution in [0.25, 0.3) is 0 Å². The molecule has 1 aromatic heterocycles. The van der Waals surface area contributed by atoms with Crippen LogP contribution in [0.1, 0.15) is 102 Å². The zero-order valence-electron chi connectivity index (χ0n) is 19.7. The van der Waals surface area contributed by atoms with Crippen molar-refractivity contribution >= 4 is 0 Å². The van der Waals surface area contributed by atoms with Crippen molar-refractivity contribution in [2.45, 2.75) is 110 Å². The van der Waals surface area contributed by atoms with Gasteiger partial charge < -0.3 is 9.30 Å². The summed E-state index contributed by atoms with van der Waals surface area (Å²) < 4.78 is 7.84. The summed E-state index contributed by atoms with van der Waals surface area (Å²) in [5.41, 5.74) is 1.03. The Hall–Kier alpha value is -2.03. The Bertz CT molecular complexity index is 738. The van der Waals surface area contributed by atoms with Crippen LogP contribution in [0.5, 0.6) is 5.75 Å². The van der Waals surface area contributed by atoms with Gasteiger partial charge in [0.1, 0.15) is 6.61 Å². The van der Waals surface area contributed by atoms with Crippen molar-refractivity contribution in [1.29, 1.82) is 0 Å². The second-order valence-electron chi connectivity index (χ2n) is 8.78. The Labute approximate surface area is 189 Å². The minimum absolute atomic E-state index is 0.0480. The molecule has 0 radical (unpaired) electrons. The lowest BCUT2D eigenvalue weighted by molar-refractivity contribution is 0.300. The summed E-state index contributed by atoms with van der Waals surface area (Å²) in [6.07, 6.45) is 22.9. The number of ether oxygens (including phenoxy) is 1. The average molecular weight is 426 g/mol. The first kappa shape index (κ1) is 25.2. The lowest BCUT2D eigenvalue weighted by atomic mass is 10.0. The molecular weight excluding hydrogens is 382 g/mol. The van der Waals surface area contributed by atoms with E-state index in [-0.39, 0.29) is 5.43 Å². The first-order chi connectivity index (χ1) is 15.3. The molecule has 3 nitrogen and oxygen atoms in total. The number of unbranched alkanes of at least 4 members (excludes halogenated alkanes) is 13. The van der Waals surface area contributed by atoms with Gasteiger partial charge in [-0.15, -0.1) is 0 Å². The van der Waals surface area contributed by atoms with Crippen LogP contribution in [0, 0.1) is 0 Å². The average Bonchev–Trinajstić information content (AvgIpc) is 2.80. The van der Waals surface area contributed by atoms with Crippen molar-refractivity contribution in [2.24, 2.45) is 0 Å². The number of aromatic nitrogens is 1. The summed E-state index contributed by atoms with van der Waals surface area (Å²) in [5.74, 6) is 0.441. The third kappa shape index (κ3) is 11.8. The minimum Gasteiger partial charge on any atom is -0.483 e. The molecule has 0 aliphatic heterocycles. The number of aryl methyl sites for hydroxylation is 1. The predicted octanol–water partition coefficient (Wildman–Crippen LogP) is 7.91. The van der Waals surface area contributed by atoms with Gasteiger partial charge in [-0.05, 0) is 12.0 Å². The monoisotopic (exact) mass is 425 g/mol. The summed E-state index contributed by atoms with van der Waals surface area (Å²) >= 11 is 0. The van der Waals surface area contributed by atoms with Crippen LogP contribution in [-0.2, 0) is 13.2 Å². The highest BCUT2D eigenvalue weighted by atomic mass is 16.5. The third-order valence-electron chi connectivity index (χ3n) is 5.95. The van der Waals surface area contributed by atoms with Gasteiger partial charge in [-0.3, -0.25) is 4.79 Å². The van der Waals surface area contributed by atoms with Crippen molar-refractivity contribution in [1.82, 2.24) is 4.57 Å². The first-order valence-electron chi connectivity index (χ1n) is 12.7. The molecule has 0 spiro atoms. The highest BCUT2D eigenvalue weighted by Gasteiger charge is 2.03. The molecule has 0 aliphatic rings. The van der Waals surface area contributed by atoms with E-state index in [0.717, 1.165) is 18.5 Å². The van der Waals surface area contributed by atoms with E-state index in [1.165, 1.54) is 83.5 Å². The largest absolute Gasteiger partial charge is 0.483 e. The van der Waals surface area contributed by atoms with Gasteiger partial charge in [-0.25, -0.2) is 0 Å². The topological polar surface area (TPSA) is 31.2 Å². The van der Waals surface area contributed by atoms with Crippen molar-refractivity contribution in [2.75, 3.05) is 0 Å². The third-order valence-corrected chi connectivity index (χ3v) is 5.95. The van der Waals surface area contributed by atoms with E-state index in [9.17, 15) is 4.79 Å². The van der Waals surface area contributed by atoms with Gasteiger partial charge in [0, 0.05) is 18.8 Å².